The summed E-state index contributed by atoms with van der Waals surface area (Å²) in [4.78, 5) is 13.9. The molecule has 0 atom stereocenters. The second-order valence-electron chi connectivity index (χ2n) is 5.54. The Morgan fingerprint density at radius 1 is 1.21 bits per heavy atom. The minimum absolute atomic E-state index is 0.148. The van der Waals surface area contributed by atoms with Crippen LogP contribution in [0.2, 0.25) is 0 Å². The summed E-state index contributed by atoms with van der Waals surface area (Å²) < 4.78 is 0. The van der Waals surface area contributed by atoms with Crippen molar-refractivity contribution < 1.29 is 4.79 Å². The van der Waals surface area contributed by atoms with Crippen molar-refractivity contribution in [2.24, 2.45) is 0 Å². The summed E-state index contributed by atoms with van der Waals surface area (Å²) in [6.45, 7) is 4.64. The molecule has 0 aliphatic heterocycles. The highest BCUT2D eigenvalue weighted by atomic mass is 16.2. The van der Waals surface area contributed by atoms with Gasteiger partial charge >= 0.3 is 0 Å². The molecule has 0 radical (unpaired) electrons. The van der Waals surface area contributed by atoms with Crippen LogP contribution in [0, 0.1) is 0 Å². The molecule has 0 aromatic heterocycles. The molecule has 19 heavy (non-hydrogen) atoms. The average molecular weight is 262 g/mol. The number of unbranched alkanes of at least 4 members (excludes halogenated alkanes) is 1. The maximum atomic E-state index is 12.1. The standard InChI is InChI=1S/C16H26N2O/c1-16(2,17-3)15(19)18(4)13-9-8-12-14-10-6-5-7-11-14/h5-7,10-11,17H,8-9,12-13H2,1-4H3. The van der Waals surface area contributed by atoms with Gasteiger partial charge in [-0.25, -0.2) is 0 Å². The Morgan fingerprint density at radius 3 is 2.42 bits per heavy atom. The summed E-state index contributed by atoms with van der Waals surface area (Å²) in [5.41, 5.74) is 0.890. The molecule has 0 spiro atoms. The molecule has 3 nitrogen and oxygen atoms in total. The van der Waals surface area contributed by atoms with E-state index in [9.17, 15) is 4.79 Å². The summed E-state index contributed by atoms with van der Waals surface area (Å²) >= 11 is 0. The van der Waals surface area contributed by atoms with Gasteiger partial charge in [-0.2, -0.15) is 0 Å². The summed E-state index contributed by atoms with van der Waals surface area (Å²) in [7, 11) is 3.70. The quantitative estimate of drug-likeness (QED) is 0.766. The number of carbonyl (C=O) groups excluding carboxylic acids is 1. The number of likely N-dealkylation sites (N-methyl/N-ethyl adjacent to an activating group) is 2. The van der Waals surface area contributed by atoms with Crippen molar-refractivity contribution in [2.45, 2.75) is 38.6 Å². The van der Waals surface area contributed by atoms with Gasteiger partial charge < -0.3 is 10.2 Å². The van der Waals surface area contributed by atoms with E-state index in [1.807, 2.05) is 38.9 Å². The van der Waals surface area contributed by atoms with Crippen LogP contribution in [0.4, 0.5) is 0 Å². The molecular formula is C16H26N2O. The van der Waals surface area contributed by atoms with Crippen LogP contribution in [0.3, 0.4) is 0 Å². The minimum atomic E-state index is -0.478. The maximum absolute atomic E-state index is 12.1. The predicted octanol–water partition coefficient (Wildman–Crippen LogP) is 2.47. The number of hydrogen-bond donors (Lipinski definition) is 1. The molecule has 1 rings (SSSR count). The molecule has 1 N–H and O–H groups in total. The first kappa shape index (κ1) is 15.7. The highest BCUT2D eigenvalue weighted by Crippen LogP contribution is 2.08. The molecule has 1 aromatic rings. The van der Waals surface area contributed by atoms with Gasteiger partial charge in [0.2, 0.25) is 5.91 Å². The normalized spacial score (nSPS) is 11.4. The monoisotopic (exact) mass is 262 g/mol. The fourth-order valence-corrected chi connectivity index (χ4v) is 2.01. The molecule has 106 valence electrons. The third-order valence-corrected chi connectivity index (χ3v) is 3.56. The van der Waals surface area contributed by atoms with Gasteiger partial charge in [-0.15, -0.1) is 0 Å². The molecule has 0 heterocycles. The lowest BCUT2D eigenvalue weighted by atomic mass is 10.0. The lowest BCUT2D eigenvalue weighted by molar-refractivity contribution is -0.135. The van der Waals surface area contributed by atoms with Crippen LogP contribution >= 0.6 is 0 Å². The largest absolute Gasteiger partial charge is 0.344 e. The third-order valence-electron chi connectivity index (χ3n) is 3.56. The molecule has 0 saturated carbocycles. The van der Waals surface area contributed by atoms with E-state index in [2.05, 4.69) is 29.6 Å². The highest BCUT2D eigenvalue weighted by molar-refractivity contribution is 5.85. The Morgan fingerprint density at radius 2 is 1.84 bits per heavy atom. The number of rotatable bonds is 7. The van der Waals surface area contributed by atoms with Crippen molar-refractivity contribution in [3.05, 3.63) is 35.9 Å². The molecule has 0 unspecified atom stereocenters. The zero-order valence-corrected chi connectivity index (χ0v) is 12.6. The van der Waals surface area contributed by atoms with Gasteiger partial charge in [0, 0.05) is 13.6 Å². The number of amides is 1. The third kappa shape index (κ3) is 5.03. The Labute approximate surface area is 117 Å². The van der Waals surface area contributed by atoms with E-state index in [4.69, 9.17) is 0 Å². The van der Waals surface area contributed by atoms with E-state index in [-0.39, 0.29) is 5.91 Å². The minimum Gasteiger partial charge on any atom is -0.344 e. The number of hydrogen-bond acceptors (Lipinski definition) is 2. The number of benzene rings is 1. The van der Waals surface area contributed by atoms with Crippen LogP contribution in [0.1, 0.15) is 32.3 Å². The first-order chi connectivity index (χ1) is 8.97. The summed E-state index contributed by atoms with van der Waals surface area (Å²) in [6.07, 6.45) is 3.23. The Hall–Kier alpha value is -1.35. The van der Waals surface area contributed by atoms with Gasteiger partial charge in [0.1, 0.15) is 0 Å². The molecule has 0 saturated heterocycles. The van der Waals surface area contributed by atoms with Crippen molar-refractivity contribution in [3.8, 4) is 0 Å². The van der Waals surface area contributed by atoms with Gasteiger partial charge in [0.05, 0.1) is 5.54 Å². The van der Waals surface area contributed by atoms with Crippen molar-refractivity contribution in [1.29, 1.82) is 0 Å². The molecule has 1 aromatic carbocycles. The Balaban J connectivity index is 2.28. The zero-order valence-electron chi connectivity index (χ0n) is 12.6. The van der Waals surface area contributed by atoms with Gasteiger partial charge in [0.15, 0.2) is 0 Å². The van der Waals surface area contributed by atoms with Crippen LogP contribution in [-0.4, -0.2) is 37.0 Å². The highest BCUT2D eigenvalue weighted by Gasteiger charge is 2.27. The van der Waals surface area contributed by atoms with Crippen LogP contribution in [-0.2, 0) is 11.2 Å². The molecule has 3 heteroatoms. The number of nitrogens with one attached hydrogen (secondary N) is 1. The lowest BCUT2D eigenvalue weighted by Gasteiger charge is -2.29. The zero-order chi connectivity index (χ0) is 14.3. The van der Waals surface area contributed by atoms with Gasteiger partial charge in [0.25, 0.3) is 0 Å². The first-order valence-corrected chi connectivity index (χ1v) is 6.96. The SMILES string of the molecule is CNC(C)(C)C(=O)N(C)CCCCc1ccccc1. The van der Waals surface area contributed by atoms with Gasteiger partial charge in [-0.3, -0.25) is 4.79 Å². The second-order valence-corrected chi connectivity index (χ2v) is 5.54. The summed E-state index contributed by atoms with van der Waals surface area (Å²) in [5, 5.41) is 3.05. The van der Waals surface area contributed by atoms with Crippen LogP contribution < -0.4 is 5.32 Å². The van der Waals surface area contributed by atoms with Crippen LogP contribution in [0.25, 0.3) is 0 Å². The molecule has 0 fully saturated rings. The van der Waals surface area contributed by atoms with Crippen LogP contribution in [0.5, 0.6) is 0 Å². The Bertz CT molecular complexity index is 387. The second kappa shape index (κ2) is 7.29. The van der Waals surface area contributed by atoms with E-state index in [1.165, 1.54) is 5.56 Å². The topological polar surface area (TPSA) is 32.3 Å². The Kier molecular flexibility index (Phi) is 6.03. The molecule has 0 bridgehead atoms. The molecule has 1 amide bonds. The van der Waals surface area contributed by atoms with Gasteiger partial charge in [-0.05, 0) is 45.7 Å². The van der Waals surface area contributed by atoms with E-state index in [0.29, 0.717) is 0 Å². The fourth-order valence-electron chi connectivity index (χ4n) is 2.01. The lowest BCUT2D eigenvalue weighted by Crippen LogP contribution is -2.51. The van der Waals surface area contributed by atoms with E-state index in [0.717, 1.165) is 25.8 Å². The van der Waals surface area contributed by atoms with E-state index >= 15 is 0 Å². The van der Waals surface area contributed by atoms with Crippen molar-refractivity contribution in [2.75, 3.05) is 20.6 Å². The van der Waals surface area contributed by atoms with Crippen molar-refractivity contribution >= 4 is 5.91 Å². The first-order valence-electron chi connectivity index (χ1n) is 6.96. The molecule has 0 aliphatic carbocycles. The number of aryl methyl sites for hydroxylation is 1. The fraction of sp³-hybridized carbons (Fsp3) is 0.562. The molecule has 0 aliphatic rings. The number of carbonyl (C=O) groups is 1. The molecular weight excluding hydrogens is 236 g/mol. The van der Waals surface area contributed by atoms with E-state index < -0.39 is 5.54 Å². The predicted molar refractivity (Wildman–Crippen MR) is 80.2 cm³/mol. The van der Waals surface area contributed by atoms with Gasteiger partial charge in [-0.1, -0.05) is 30.3 Å². The summed E-state index contributed by atoms with van der Waals surface area (Å²) in [6, 6.07) is 10.5. The smallest absolute Gasteiger partial charge is 0.242 e. The van der Waals surface area contributed by atoms with E-state index in [1.54, 1.807) is 0 Å². The van der Waals surface area contributed by atoms with Crippen LogP contribution in [0.15, 0.2) is 30.3 Å². The number of nitrogens with zero attached hydrogens (tertiary/aromatic N) is 1. The summed E-state index contributed by atoms with van der Waals surface area (Å²) in [5.74, 6) is 0.148. The van der Waals surface area contributed by atoms with Crippen molar-refractivity contribution in [1.82, 2.24) is 10.2 Å². The maximum Gasteiger partial charge on any atom is 0.242 e. The average Bonchev–Trinajstić information content (AvgIpc) is 2.43. The van der Waals surface area contributed by atoms with Crippen molar-refractivity contribution in [3.63, 3.8) is 0 Å².